The van der Waals surface area contributed by atoms with Crippen LogP contribution in [0.4, 0.5) is 8.78 Å². The van der Waals surface area contributed by atoms with E-state index in [9.17, 15) is 13.9 Å². The second-order valence-electron chi connectivity index (χ2n) is 4.31. The third-order valence-electron chi connectivity index (χ3n) is 2.81. The zero-order chi connectivity index (χ0) is 11.1. The highest BCUT2D eigenvalue weighted by Crippen LogP contribution is 2.34. The van der Waals surface area contributed by atoms with E-state index in [2.05, 4.69) is 0 Å². The molecule has 0 aromatic heterocycles. The Morgan fingerprint density at radius 3 is 2.67 bits per heavy atom. The molecule has 0 atom stereocenters. The average Bonchev–Trinajstić information content (AvgIpc) is 2.09. The molecule has 2 rings (SSSR count). The molecule has 3 N–H and O–H groups in total. The zero-order valence-corrected chi connectivity index (χ0v) is 8.21. The Balaban J connectivity index is 2.14. The molecule has 1 aromatic carbocycles. The zero-order valence-electron chi connectivity index (χ0n) is 8.21. The first-order chi connectivity index (χ1) is 6.98. The molecule has 1 aliphatic carbocycles. The maximum absolute atomic E-state index is 13.2. The van der Waals surface area contributed by atoms with Crippen molar-refractivity contribution in [3.8, 4) is 0 Å². The van der Waals surface area contributed by atoms with Crippen molar-refractivity contribution >= 4 is 0 Å². The maximum atomic E-state index is 13.2. The SMILES string of the molecule is NC1CC(O)(Cc2cc(F)ccc2F)C1. The van der Waals surface area contributed by atoms with Gasteiger partial charge in [-0.15, -0.1) is 0 Å². The predicted molar refractivity (Wildman–Crippen MR) is 52.2 cm³/mol. The lowest BCUT2D eigenvalue weighted by atomic mass is 9.72. The van der Waals surface area contributed by atoms with Crippen molar-refractivity contribution in [3.63, 3.8) is 0 Å². The number of halogens is 2. The molecule has 0 saturated heterocycles. The van der Waals surface area contributed by atoms with E-state index in [-0.39, 0.29) is 18.0 Å². The minimum absolute atomic E-state index is 0.0216. The van der Waals surface area contributed by atoms with Crippen LogP contribution in [0.25, 0.3) is 0 Å². The summed E-state index contributed by atoms with van der Waals surface area (Å²) in [5.41, 5.74) is 4.81. The van der Waals surface area contributed by atoms with Gasteiger partial charge in [-0.2, -0.15) is 0 Å². The molecule has 2 nitrogen and oxygen atoms in total. The molecule has 1 aliphatic rings. The fourth-order valence-corrected chi connectivity index (χ4v) is 2.09. The van der Waals surface area contributed by atoms with E-state index in [1.165, 1.54) is 0 Å². The molecule has 4 heteroatoms. The van der Waals surface area contributed by atoms with Gasteiger partial charge < -0.3 is 10.8 Å². The van der Waals surface area contributed by atoms with Crippen LogP contribution in [0.5, 0.6) is 0 Å². The van der Waals surface area contributed by atoms with Crippen LogP contribution >= 0.6 is 0 Å². The quantitative estimate of drug-likeness (QED) is 0.779. The van der Waals surface area contributed by atoms with Gasteiger partial charge >= 0.3 is 0 Å². The van der Waals surface area contributed by atoms with Crippen LogP contribution in [-0.4, -0.2) is 16.7 Å². The van der Waals surface area contributed by atoms with E-state index < -0.39 is 17.2 Å². The lowest BCUT2D eigenvalue weighted by molar-refractivity contribution is -0.0461. The smallest absolute Gasteiger partial charge is 0.126 e. The third kappa shape index (κ3) is 2.16. The van der Waals surface area contributed by atoms with E-state index in [0.29, 0.717) is 12.8 Å². The van der Waals surface area contributed by atoms with Gasteiger partial charge in [0.15, 0.2) is 0 Å². The van der Waals surface area contributed by atoms with E-state index in [4.69, 9.17) is 5.73 Å². The number of benzene rings is 1. The van der Waals surface area contributed by atoms with Crippen molar-refractivity contribution in [2.24, 2.45) is 5.73 Å². The first-order valence-electron chi connectivity index (χ1n) is 4.90. The monoisotopic (exact) mass is 213 g/mol. The van der Waals surface area contributed by atoms with Crippen molar-refractivity contribution in [2.45, 2.75) is 30.9 Å². The highest BCUT2D eigenvalue weighted by Gasteiger charge is 2.41. The van der Waals surface area contributed by atoms with Crippen molar-refractivity contribution in [1.82, 2.24) is 0 Å². The maximum Gasteiger partial charge on any atom is 0.126 e. The van der Waals surface area contributed by atoms with E-state index >= 15 is 0 Å². The molecule has 15 heavy (non-hydrogen) atoms. The van der Waals surface area contributed by atoms with Crippen LogP contribution in [-0.2, 0) is 6.42 Å². The van der Waals surface area contributed by atoms with E-state index in [1.807, 2.05) is 0 Å². The van der Waals surface area contributed by atoms with Crippen LogP contribution in [0.1, 0.15) is 18.4 Å². The van der Waals surface area contributed by atoms with Gasteiger partial charge in [-0.05, 0) is 36.6 Å². The Kier molecular flexibility index (Phi) is 2.48. The van der Waals surface area contributed by atoms with E-state index in [0.717, 1.165) is 18.2 Å². The fraction of sp³-hybridized carbons (Fsp3) is 0.455. The van der Waals surface area contributed by atoms with Crippen LogP contribution in [0, 0.1) is 11.6 Å². The molecule has 0 bridgehead atoms. The summed E-state index contributed by atoms with van der Waals surface area (Å²) in [5, 5.41) is 9.88. The van der Waals surface area contributed by atoms with Crippen LogP contribution in [0.15, 0.2) is 18.2 Å². The average molecular weight is 213 g/mol. The minimum atomic E-state index is -0.950. The van der Waals surface area contributed by atoms with Crippen LogP contribution in [0.2, 0.25) is 0 Å². The number of hydrogen-bond donors (Lipinski definition) is 2. The standard InChI is InChI=1S/C11H13F2NO/c12-8-1-2-10(13)7(3-8)4-11(15)5-9(14)6-11/h1-3,9,15H,4-6,14H2. The van der Waals surface area contributed by atoms with E-state index in [1.54, 1.807) is 0 Å². The molecule has 0 radical (unpaired) electrons. The summed E-state index contributed by atoms with van der Waals surface area (Å²) in [6, 6.07) is 3.24. The molecule has 0 heterocycles. The largest absolute Gasteiger partial charge is 0.389 e. The molecule has 1 saturated carbocycles. The molecule has 82 valence electrons. The fourth-order valence-electron chi connectivity index (χ4n) is 2.09. The van der Waals surface area contributed by atoms with Gasteiger partial charge in [-0.1, -0.05) is 0 Å². The molecule has 1 aromatic rings. The highest BCUT2D eigenvalue weighted by atomic mass is 19.1. The van der Waals surface area contributed by atoms with Gasteiger partial charge in [-0.25, -0.2) is 8.78 Å². The van der Waals surface area contributed by atoms with Crippen molar-refractivity contribution in [2.75, 3.05) is 0 Å². The summed E-state index contributed by atoms with van der Waals surface area (Å²) in [6.07, 6.45) is 1.02. The predicted octanol–water partition coefficient (Wildman–Crippen LogP) is 1.36. The Hall–Kier alpha value is -1.00. The van der Waals surface area contributed by atoms with Crippen LogP contribution < -0.4 is 5.73 Å². The van der Waals surface area contributed by atoms with Gasteiger partial charge in [0.05, 0.1) is 5.60 Å². The summed E-state index contributed by atoms with van der Waals surface area (Å²) in [7, 11) is 0. The molecular formula is C11H13F2NO. The lowest BCUT2D eigenvalue weighted by Crippen LogP contribution is -2.52. The molecule has 0 unspecified atom stereocenters. The first kappa shape index (κ1) is 10.5. The minimum Gasteiger partial charge on any atom is -0.389 e. The van der Waals surface area contributed by atoms with Gasteiger partial charge in [0.1, 0.15) is 11.6 Å². The first-order valence-corrected chi connectivity index (χ1v) is 4.90. The Morgan fingerprint density at radius 1 is 1.40 bits per heavy atom. The summed E-state index contributed by atoms with van der Waals surface area (Å²) < 4.78 is 26.1. The molecule has 0 spiro atoms. The van der Waals surface area contributed by atoms with Crippen LogP contribution in [0.3, 0.4) is 0 Å². The second-order valence-corrected chi connectivity index (χ2v) is 4.31. The van der Waals surface area contributed by atoms with Gasteiger partial charge in [-0.3, -0.25) is 0 Å². The highest BCUT2D eigenvalue weighted by molar-refractivity contribution is 5.22. The van der Waals surface area contributed by atoms with Gasteiger partial charge in [0.2, 0.25) is 0 Å². The Morgan fingerprint density at radius 2 is 2.07 bits per heavy atom. The molecule has 0 aliphatic heterocycles. The third-order valence-corrected chi connectivity index (χ3v) is 2.81. The summed E-state index contributed by atoms with van der Waals surface area (Å²) >= 11 is 0. The second kappa shape index (κ2) is 3.54. The lowest BCUT2D eigenvalue weighted by Gasteiger charge is -2.42. The van der Waals surface area contributed by atoms with Crippen molar-refractivity contribution in [1.29, 1.82) is 0 Å². The Bertz CT molecular complexity index is 375. The van der Waals surface area contributed by atoms with Gasteiger partial charge in [0.25, 0.3) is 0 Å². The summed E-state index contributed by atoms with van der Waals surface area (Å²) in [5.74, 6) is -0.969. The normalized spacial score (nSPS) is 30.0. The molecular weight excluding hydrogens is 200 g/mol. The number of rotatable bonds is 2. The number of aliphatic hydroxyl groups is 1. The summed E-state index contributed by atoms with van der Waals surface area (Å²) in [4.78, 5) is 0. The summed E-state index contributed by atoms with van der Waals surface area (Å²) in [6.45, 7) is 0. The topological polar surface area (TPSA) is 46.2 Å². The van der Waals surface area contributed by atoms with Gasteiger partial charge in [0, 0.05) is 12.5 Å². The number of hydrogen-bond acceptors (Lipinski definition) is 2. The van der Waals surface area contributed by atoms with Crippen molar-refractivity contribution < 1.29 is 13.9 Å². The Labute approximate surface area is 86.7 Å². The molecule has 0 amide bonds. The van der Waals surface area contributed by atoms with Crippen molar-refractivity contribution in [3.05, 3.63) is 35.4 Å². The molecule has 1 fully saturated rings. The number of nitrogens with two attached hydrogens (primary N) is 1.